The Bertz CT molecular complexity index is 1460. The summed E-state index contributed by atoms with van der Waals surface area (Å²) in [6.07, 6.45) is 7.42. The first-order valence-corrected chi connectivity index (χ1v) is 15.0. The van der Waals surface area contributed by atoms with Gasteiger partial charge in [0.25, 0.3) is 0 Å². The van der Waals surface area contributed by atoms with E-state index in [0.717, 1.165) is 79.2 Å². The van der Waals surface area contributed by atoms with Crippen LogP contribution >= 0.6 is 0 Å². The number of nitrogens with one attached hydrogen (secondary N) is 1. The van der Waals surface area contributed by atoms with Crippen molar-refractivity contribution < 1.29 is 19.4 Å². The Balaban J connectivity index is 1.18. The number of aromatic nitrogens is 3. The number of hydrogen-bond acceptors (Lipinski definition) is 9. The molecule has 0 spiro atoms. The second-order valence-corrected chi connectivity index (χ2v) is 11.1. The minimum absolute atomic E-state index is 0.00233. The summed E-state index contributed by atoms with van der Waals surface area (Å²) in [5.74, 6) is 1.56. The second-order valence-electron chi connectivity index (χ2n) is 11.1. The first kappa shape index (κ1) is 30.3. The number of rotatable bonds is 13. The Labute approximate surface area is 252 Å². The summed E-state index contributed by atoms with van der Waals surface area (Å²) >= 11 is 0. The van der Waals surface area contributed by atoms with Crippen LogP contribution in [0.3, 0.4) is 0 Å². The third-order valence-electron chi connectivity index (χ3n) is 8.10. The number of benzene rings is 1. The number of ether oxygens (including phenoxy) is 1. The molecule has 12 nitrogen and oxygen atoms in total. The Morgan fingerprint density at radius 2 is 1.95 bits per heavy atom. The number of nitrogen functional groups attached to an aromatic ring is 1. The first-order chi connectivity index (χ1) is 20.9. The Kier molecular flexibility index (Phi) is 9.78. The fraction of sp³-hybridized carbons (Fsp3) is 0.484. The number of methoxy groups -OCH3 is 1. The summed E-state index contributed by atoms with van der Waals surface area (Å²) in [5, 5.41) is 13.3. The highest BCUT2D eigenvalue weighted by Gasteiger charge is 2.26. The number of hydrogen-bond donors (Lipinski definition) is 3. The van der Waals surface area contributed by atoms with Crippen molar-refractivity contribution in [3.63, 3.8) is 0 Å². The molecule has 43 heavy (non-hydrogen) atoms. The topological polar surface area (TPSA) is 142 Å². The molecule has 3 aromatic rings. The normalized spacial score (nSPS) is 17.3. The van der Waals surface area contributed by atoms with Crippen LogP contribution in [0.15, 0.2) is 42.6 Å². The largest absolute Gasteiger partial charge is 0.496 e. The standard InChI is InChI=1S/C31H42N8O4/c1-3-4-5-12-33-30-29-24(34-31(32)35-30)10-13-38(29)21-23-7-6-22(19-25(23)43-2)20-36-15-17-37(18-16-36)26(40)11-14-39-27(41)8-9-28(39)42/h6-10,13,19,27,41H,3-5,11-12,14-18,20-21H2,1-2H3,(H3,32,33,34,35). The highest BCUT2D eigenvalue weighted by atomic mass is 16.5. The van der Waals surface area contributed by atoms with E-state index in [1.165, 1.54) is 17.1 Å². The van der Waals surface area contributed by atoms with Crippen molar-refractivity contribution in [2.24, 2.45) is 0 Å². The van der Waals surface area contributed by atoms with E-state index >= 15 is 0 Å². The van der Waals surface area contributed by atoms with Crippen LogP contribution in [0, 0.1) is 0 Å². The van der Waals surface area contributed by atoms with Crippen molar-refractivity contribution in [1.82, 2.24) is 29.2 Å². The van der Waals surface area contributed by atoms with E-state index in [1.54, 1.807) is 7.11 Å². The molecule has 2 aliphatic heterocycles. The van der Waals surface area contributed by atoms with Crippen molar-refractivity contribution in [3.05, 3.63) is 53.7 Å². The Hall–Kier alpha value is -4.16. The van der Waals surface area contributed by atoms with Gasteiger partial charge in [-0.1, -0.05) is 31.9 Å². The molecule has 0 bridgehead atoms. The summed E-state index contributed by atoms with van der Waals surface area (Å²) in [4.78, 5) is 38.9. The zero-order valence-corrected chi connectivity index (χ0v) is 25.0. The smallest absolute Gasteiger partial charge is 0.248 e. The number of carbonyl (C=O) groups is 2. The van der Waals surface area contributed by atoms with Gasteiger partial charge in [-0.2, -0.15) is 4.98 Å². The van der Waals surface area contributed by atoms with E-state index in [4.69, 9.17) is 10.5 Å². The average molecular weight is 591 g/mol. The van der Waals surface area contributed by atoms with Gasteiger partial charge in [-0.25, -0.2) is 4.98 Å². The maximum absolute atomic E-state index is 12.7. The van der Waals surface area contributed by atoms with Gasteiger partial charge in [-0.05, 0) is 30.2 Å². The van der Waals surface area contributed by atoms with Crippen LogP contribution in [0.25, 0.3) is 11.0 Å². The minimum Gasteiger partial charge on any atom is -0.496 e. The number of nitrogens with zero attached hydrogens (tertiary/aromatic N) is 6. The predicted molar refractivity (Wildman–Crippen MR) is 165 cm³/mol. The van der Waals surface area contributed by atoms with Gasteiger partial charge in [-0.3, -0.25) is 14.5 Å². The van der Waals surface area contributed by atoms with Gasteiger partial charge in [0.15, 0.2) is 5.82 Å². The summed E-state index contributed by atoms with van der Waals surface area (Å²) in [6, 6.07) is 8.28. The van der Waals surface area contributed by atoms with Crippen molar-refractivity contribution in [3.8, 4) is 5.75 Å². The molecule has 2 amide bonds. The van der Waals surface area contributed by atoms with Gasteiger partial charge in [0.2, 0.25) is 17.8 Å². The van der Waals surface area contributed by atoms with E-state index in [1.807, 2.05) is 17.2 Å². The third-order valence-corrected chi connectivity index (χ3v) is 8.10. The lowest BCUT2D eigenvalue weighted by Gasteiger charge is -2.35. The predicted octanol–water partition coefficient (Wildman–Crippen LogP) is 2.42. The maximum Gasteiger partial charge on any atom is 0.248 e. The second kappa shape index (κ2) is 13.9. The van der Waals surface area contributed by atoms with Crippen LogP contribution in [0.4, 0.5) is 11.8 Å². The number of nitrogens with two attached hydrogens (primary N) is 1. The van der Waals surface area contributed by atoms with Gasteiger partial charge in [0.05, 0.1) is 19.2 Å². The zero-order valence-electron chi connectivity index (χ0n) is 25.0. The third kappa shape index (κ3) is 7.26. The van der Waals surface area contributed by atoms with Gasteiger partial charge in [-0.15, -0.1) is 0 Å². The van der Waals surface area contributed by atoms with Crippen LogP contribution in [-0.2, 0) is 22.7 Å². The van der Waals surface area contributed by atoms with Gasteiger partial charge < -0.3 is 35.3 Å². The van der Waals surface area contributed by atoms with Crippen LogP contribution in [0.2, 0.25) is 0 Å². The molecule has 1 aromatic carbocycles. The summed E-state index contributed by atoms with van der Waals surface area (Å²) in [5.41, 5.74) is 9.90. The number of amides is 2. The van der Waals surface area contributed by atoms with Crippen LogP contribution < -0.4 is 15.8 Å². The van der Waals surface area contributed by atoms with Crippen molar-refractivity contribution in [2.45, 2.75) is 51.9 Å². The molecule has 2 aromatic heterocycles. The quantitative estimate of drug-likeness (QED) is 0.256. The molecule has 0 saturated carbocycles. The molecule has 4 heterocycles. The number of piperazine rings is 1. The number of unbranched alkanes of at least 4 members (excludes halogenated alkanes) is 2. The first-order valence-electron chi connectivity index (χ1n) is 15.0. The molecule has 0 aliphatic carbocycles. The van der Waals surface area contributed by atoms with E-state index in [2.05, 4.69) is 49.9 Å². The van der Waals surface area contributed by atoms with E-state index in [-0.39, 0.29) is 30.7 Å². The molecule has 5 rings (SSSR count). The van der Waals surface area contributed by atoms with Crippen LogP contribution in [0.5, 0.6) is 5.75 Å². The molecule has 4 N–H and O–H groups in total. The number of aliphatic hydroxyl groups is 1. The maximum atomic E-state index is 12.7. The van der Waals surface area contributed by atoms with Gasteiger partial charge >= 0.3 is 0 Å². The molecule has 1 saturated heterocycles. The lowest BCUT2D eigenvalue weighted by atomic mass is 10.1. The van der Waals surface area contributed by atoms with Gasteiger partial charge in [0.1, 0.15) is 17.5 Å². The Morgan fingerprint density at radius 1 is 1.14 bits per heavy atom. The number of anilines is 2. The Morgan fingerprint density at radius 3 is 2.67 bits per heavy atom. The van der Waals surface area contributed by atoms with Crippen LogP contribution in [-0.4, -0.2) is 98.8 Å². The lowest BCUT2D eigenvalue weighted by molar-refractivity contribution is -0.136. The van der Waals surface area contributed by atoms with E-state index < -0.39 is 6.23 Å². The molecule has 1 unspecified atom stereocenters. The highest BCUT2D eigenvalue weighted by Crippen LogP contribution is 2.27. The molecule has 0 radical (unpaired) electrons. The molecule has 230 valence electrons. The van der Waals surface area contributed by atoms with E-state index in [9.17, 15) is 14.7 Å². The summed E-state index contributed by atoms with van der Waals surface area (Å²) < 4.78 is 7.93. The van der Waals surface area contributed by atoms with Crippen LogP contribution in [0.1, 0.15) is 43.7 Å². The fourth-order valence-corrected chi connectivity index (χ4v) is 5.69. The lowest BCUT2D eigenvalue weighted by Crippen LogP contribution is -2.49. The molecular weight excluding hydrogens is 548 g/mol. The molecule has 12 heteroatoms. The van der Waals surface area contributed by atoms with Crippen molar-refractivity contribution >= 4 is 34.6 Å². The molecule has 2 aliphatic rings. The number of fused-ring (bicyclic) bond motifs is 1. The zero-order chi connectivity index (χ0) is 30.3. The minimum atomic E-state index is -0.939. The fourth-order valence-electron chi connectivity index (χ4n) is 5.69. The van der Waals surface area contributed by atoms with Crippen molar-refractivity contribution in [2.75, 3.05) is 57.4 Å². The molecular formula is C31H42N8O4. The summed E-state index contributed by atoms with van der Waals surface area (Å²) in [7, 11) is 1.69. The molecule has 1 fully saturated rings. The van der Waals surface area contributed by atoms with Crippen molar-refractivity contribution in [1.29, 1.82) is 0 Å². The van der Waals surface area contributed by atoms with Gasteiger partial charge in [0, 0.05) is 70.1 Å². The number of carbonyl (C=O) groups excluding carboxylic acids is 2. The summed E-state index contributed by atoms with van der Waals surface area (Å²) in [6.45, 7) is 7.36. The average Bonchev–Trinajstić information content (AvgIpc) is 3.56. The number of aliphatic hydroxyl groups excluding tert-OH is 1. The SMILES string of the molecule is CCCCCNc1nc(N)nc2ccn(Cc3ccc(CN4CCN(C(=O)CCN5C(=O)C=CC5O)CC4)cc3OC)c12. The highest BCUT2D eigenvalue weighted by molar-refractivity contribution is 5.90. The van der Waals surface area contributed by atoms with E-state index in [0.29, 0.717) is 19.6 Å². The molecule has 1 atom stereocenters. The monoisotopic (exact) mass is 590 g/mol.